The topological polar surface area (TPSA) is 3.24 Å². The van der Waals surface area contributed by atoms with Crippen LogP contribution in [0.25, 0.3) is 5.57 Å². The fourth-order valence-electron chi connectivity index (χ4n) is 1.77. The third kappa shape index (κ3) is 7.32. The van der Waals surface area contributed by atoms with E-state index in [2.05, 4.69) is 79.2 Å². The number of rotatable bonds is 5. The van der Waals surface area contributed by atoms with Crippen LogP contribution in [0.1, 0.15) is 26.3 Å². The smallest absolute Gasteiger partial charge is 0.0250 e. The van der Waals surface area contributed by atoms with E-state index in [0.717, 1.165) is 23.1 Å². The lowest BCUT2D eigenvalue weighted by atomic mass is 9.98. The summed E-state index contributed by atoms with van der Waals surface area (Å²) in [5.74, 6) is 6.28. The van der Waals surface area contributed by atoms with Crippen LogP contribution in [0, 0.1) is 17.3 Å². The fourth-order valence-corrected chi connectivity index (χ4v) is 2.34. The molecule has 2 heteroatoms. The first-order valence-electron chi connectivity index (χ1n) is 7.08. The van der Waals surface area contributed by atoms with Crippen LogP contribution < -0.4 is 0 Å². The van der Waals surface area contributed by atoms with Crippen LogP contribution in [-0.2, 0) is 0 Å². The van der Waals surface area contributed by atoms with Crippen LogP contribution in [0.5, 0.6) is 0 Å². The van der Waals surface area contributed by atoms with E-state index in [0.29, 0.717) is 0 Å². The van der Waals surface area contributed by atoms with Gasteiger partial charge in [-0.1, -0.05) is 58.6 Å². The lowest BCUT2D eigenvalue weighted by molar-refractivity contribution is 0.419. The highest BCUT2D eigenvalue weighted by molar-refractivity contribution is 9.10. The number of nitrogens with zero attached hydrogens (tertiary/aromatic N) is 1. The molecule has 0 aliphatic rings. The molecule has 0 heterocycles. The molecule has 21 heavy (non-hydrogen) atoms. The third-order valence-electron chi connectivity index (χ3n) is 2.78. The first-order chi connectivity index (χ1) is 9.79. The van der Waals surface area contributed by atoms with Crippen molar-refractivity contribution in [3.8, 4) is 11.8 Å². The van der Waals surface area contributed by atoms with Gasteiger partial charge in [0, 0.05) is 23.0 Å². The maximum absolute atomic E-state index is 4.18. The van der Waals surface area contributed by atoms with Crippen molar-refractivity contribution in [1.29, 1.82) is 0 Å². The maximum Gasteiger partial charge on any atom is 0.0250 e. The van der Waals surface area contributed by atoms with Gasteiger partial charge in [-0.05, 0) is 51.1 Å². The van der Waals surface area contributed by atoms with Crippen molar-refractivity contribution in [2.75, 3.05) is 20.1 Å². The Bertz CT molecular complexity index is 567. The van der Waals surface area contributed by atoms with Gasteiger partial charge in [-0.2, -0.15) is 0 Å². The van der Waals surface area contributed by atoms with E-state index in [9.17, 15) is 0 Å². The van der Waals surface area contributed by atoms with Crippen LogP contribution in [0.3, 0.4) is 0 Å². The second kappa shape index (κ2) is 8.22. The number of benzene rings is 1. The molecular formula is C19H24BrN. The summed E-state index contributed by atoms with van der Waals surface area (Å²) in [7, 11) is 2.09. The lowest BCUT2D eigenvalue weighted by Crippen LogP contribution is -2.20. The van der Waals surface area contributed by atoms with Crippen LogP contribution in [0.2, 0.25) is 0 Å². The Morgan fingerprint density at radius 2 is 2.00 bits per heavy atom. The van der Waals surface area contributed by atoms with Gasteiger partial charge in [-0.15, -0.1) is 0 Å². The van der Waals surface area contributed by atoms with Gasteiger partial charge in [0.25, 0.3) is 0 Å². The predicted molar refractivity (Wildman–Crippen MR) is 97.0 cm³/mol. The molecule has 1 rings (SSSR count). The summed E-state index contributed by atoms with van der Waals surface area (Å²) in [6, 6.07) is 8.18. The minimum absolute atomic E-state index is 0.0596. The zero-order valence-corrected chi connectivity index (χ0v) is 15.0. The molecule has 0 radical (unpaired) electrons. The molecule has 0 unspecified atom stereocenters. The second-order valence-electron chi connectivity index (χ2n) is 6.20. The van der Waals surface area contributed by atoms with Gasteiger partial charge in [-0.25, -0.2) is 0 Å². The summed E-state index contributed by atoms with van der Waals surface area (Å²) in [5, 5.41) is 0. The summed E-state index contributed by atoms with van der Waals surface area (Å²) >= 11 is 3.57. The van der Waals surface area contributed by atoms with Crippen molar-refractivity contribution in [3.05, 3.63) is 53.0 Å². The molecule has 0 aliphatic heterocycles. The number of likely N-dealkylation sites (N-methyl/N-ethyl adjacent to an activating group) is 1. The Morgan fingerprint density at radius 3 is 2.62 bits per heavy atom. The third-order valence-corrected chi connectivity index (χ3v) is 3.47. The van der Waals surface area contributed by atoms with Gasteiger partial charge >= 0.3 is 0 Å². The van der Waals surface area contributed by atoms with E-state index in [-0.39, 0.29) is 5.41 Å². The van der Waals surface area contributed by atoms with Crippen LogP contribution in [-0.4, -0.2) is 25.0 Å². The summed E-state index contributed by atoms with van der Waals surface area (Å²) in [4.78, 5) is 2.22. The molecule has 1 aromatic carbocycles. The Balaban J connectivity index is 2.49. The van der Waals surface area contributed by atoms with E-state index in [1.54, 1.807) is 0 Å². The minimum Gasteiger partial charge on any atom is -0.298 e. The molecular weight excluding hydrogens is 322 g/mol. The van der Waals surface area contributed by atoms with Crippen molar-refractivity contribution in [3.63, 3.8) is 0 Å². The minimum atomic E-state index is 0.0596. The summed E-state index contributed by atoms with van der Waals surface area (Å²) in [6.45, 7) is 12.2. The molecule has 0 saturated heterocycles. The average Bonchev–Trinajstić information content (AvgIpc) is 2.37. The van der Waals surface area contributed by atoms with Gasteiger partial charge in [0.2, 0.25) is 0 Å². The molecule has 0 N–H and O–H groups in total. The molecule has 0 atom stereocenters. The zero-order chi connectivity index (χ0) is 15.9. The van der Waals surface area contributed by atoms with E-state index < -0.39 is 0 Å². The molecule has 0 saturated carbocycles. The van der Waals surface area contributed by atoms with Gasteiger partial charge < -0.3 is 0 Å². The Morgan fingerprint density at radius 1 is 1.33 bits per heavy atom. The second-order valence-corrected chi connectivity index (χ2v) is 7.06. The maximum atomic E-state index is 4.18. The standard InChI is InChI=1S/C19H24BrN/c1-16(17-11-7-8-12-18(17)20)15-21(5)14-10-6-9-13-19(2,3)4/h6-8,10-12H,1,14-15H2,2-5H3/b10-6+. The highest BCUT2D eigenvalue weighted by atomic mass is 79.9. The van der Waals surface area contributed by atoms with Gasteiger partial charge in [0.1, 0.15) is 0 Å². The van der Waals surface area contributed by atoms with Gasteiger partial charge in [-0.3, -0.25) is 4.90 Å². The predicted octanol–water partition coefficient (Wildman–Crippen LogP) is 5.00. The van der Waals surface area contributed by atoms with Crippen molar-refractivity contribution in [1.82, 2.24) is 4.90 Å². The number of hydrogen-bond donors (Lipinski definition) is 0. The molecule has 0 aliphatic carbocycles. The highest BCUT2D eigenvalue weighted by Crippen LogP contribution is 2.23. The van der Waals surface area contributed by atoms with Crippen LogP contribution in [0.15, 0.2) is 47.5 Å². The largest absolute Gasteiger partial charge is 0.298 e. The van der Waals surface area contributed by atoms with Crippen LogP contribution >= 0.6 is 15.9 Å². The van der Waals surface area contributed by atoms with E-state index in [1.165, 1.54) is 5.56 Å². The van der Waals surface area contributed by atoms with E-state index in [1.807, 2.05) is 24.3 Å². The molecule has 0 fully saturated rings. The van der Waals surface area contributed by atoms with Gasteiger partial charge in [0.15, 0.2) is 0 Å². The SMILES string of the molecule is C=C(CN(C)C/C=C/C#CC(C)(C)C)c1ccccc1Br. The molecule has 0 amide bonds. The van der Waals surface area contributed by atoms with Gasteiger partial charge in [0.05, 0.1) is 0 Å². The summed E-state index contributed by atoms with van der Waals surface area (Å²) in [5.41, 5.74) is 2.34. The monoisotopic (exact) mass is 345 g/mol. The molecule has 112 valence electrons. The lowest BCUT2D eigenvalue weighted by Gasteiger charge is -2.17. The number of hydrogen-bond acceptors (Lipinski definition) is 1. The van der Waals surface area contributed by atoms with Crippen molar-refractivity contribution >= 4 is 21.5 Å². The molecule has 0 spiro atoms. The zero-order valence-electron chi connectivity index (χ0n) is 13.4. The van der Waals surface area contributed by atoms with E-state index >= 15 is 0 Å². The quantitative estimate of drug-likeness (QED) is 0.678. The highest BCUT2D eigenvalue weighted by Gasteiger charge is 2.05. The molecule has 1 nitrogen and oxygen atoms in total. The van der Waals surface area contributed by atoms with Crippen LogP contribution in [0.4, 0.5) is 0 Å². The molecule has 0 bridgehead atoms. The van der Waals surface area contributed by atoms with E-state index in [4.69, 9.17) is 0 Å². The Labute approximate surface area is 137 Å². The average molecular weight is 346 g/mol. The summed E-state index contributed by atoms with van der Waals surface area (Å²) < 4.78 is 1.09. The number of allylic oxidation sites excluding steroid dienone is 1. The Hall–Kier alpha value is -1.30. The first kappa shape index (κ1) is 17.8. The first-order valence-corrected chi connectivity index (χ1v) is 7.88. The fraction of sp³-hybridized carbons (Fsp3) is 0.368. The Kier molecular flexibility index (Phi) is 6.95. The van der Waals surface area contributed by atoms with Crippen molar-refractivity contribution in [2.45, 2.75) is 20.8 Å². The normalized spacial score (nSPS) is 11.5. The van der Waals surface area contributed by atoms with Crippen molar-refractivity contribution in [2.24, 2.45) is 5.41 Å². The molecule has 0 aromatic heterocycles. The van der Waals surface area contributed by atoms with Crippen molar-refractivity contribution < 1.29 is 0 Å². The summed E-state index contributed by atoms with van der Waals surface area (Å²) in [6.07, 6.45) is 4.02. The number of halogens is 1. The molecule has 1 aromatic rings.